The predicted molar refractivity (Wildman–Crippen MR) is 49.8 cm³/mol. The molecule has 1 heteroatoms. The Bertz CT molecular complexity index is 365. The topological polar surface area (TPSA) is 12.4 Å². The maximum Gasteiger partial charge on any atom is 0.0579 e. The third kappa shape index (κ3) is 0.711. The van der Waals surface area contributed by atoms with E-state index in [0.717, 1.165) is 5.92 Å². The van der Waals surface area contributed by atoms with Crippen LogP contribution in [-0.4, -0.2) is 11.8 Å². The van der Waals surface area contributed by atoms with Gasteiger partial charge in [0.2, 0.25) is 0 Å². The molecule has 0 amide bonds. The Morgan fingerprint density at radius 1 is 1.33 bits per heavy atom. The SMILES string of the molecule is CC1=NC2CC2c2ccccc21. The molecule has 2 aliphatic rings. The van der Waals surface area contributed by atoms with Crippen molar-refractivity contribution in [2.24, 2.45) is 4.99 Å². The highest BCUT2D eigenvalue weighted by molar-refractivity contribution is 6.01. The van der Waals surface area contributed by atoms with Crippen molar-refractivity contribution in [2.75, 3.05) is 0 Å². The van der Waals surface area contributed by atoms with Crippen molar-refractivity contribution in [3.05, 3.63) is 35.4 Å². The number of fused-ring (bicyclic) bond motifs is 3. The first-order chi connectivity index (χ1) is 5.86. The maximum atomic E-state index is 4.61. The molecule has 0 saturated heterocycles. The normalized spacial score (nSPS) is 30.2. The molecule has 1 saturated carbocycles. The summed E-state index contributed by atoms with van der Waals surface area (Å²) in [6.45, 7) is 2.12. The molecule has 0 aromatic heterocycles. The lowest BCUT2D eigenvalue weighted by molar-refractivity contribution is 0.962. The van der Waals surface area contributed by atoms with Crippen molar-refractivity contribution < 1.29 is 0 Å². The number of nitrogens with zero attached hydrogens (tertiary/aromatic N) is 1. The second-order valence-electron chi connectivity index (χ2n) is 3.71. The van der Waals surface area contributed by atoms with Gasteiger partial charge >= 0.3 is 0 Å². The van der Waals surface area contributed by atoms with Crippen molar-refractivity contribution in [3.63, 3.8) is 0 Å². The van der Waals surface area contributed by atoms with E-state index in [2.05, 4.69) is 36.2 Å². The minimum absolute atomic E-state index is 0.625. The minimum Gasteiger partial charge on any atom is -0.285 e. The summed E-state index contributed by atoms with van der Waals surface area (Å²) in [6.07, 6.45) is 1.27. The lowest BCUT2D eigenvalue weighted by Gasteiger charge is -2.12. The zero-order valence-corrected chi connectivity index (χ0v) is 7.12. The lowest BCUT2D eigenvalue weighted by Crippen LogP contribution is -2.06. The average Bonchev–Trinajstić information content (AvgIpc) is 2.84. The van der Waals surface area contributed by atoms with E-state index < -0.39 is 0 Å². The molecule has 3 rings (SSSR count). The second-order valence-corrected chi connectivity index (χ2v) is 3.71. The number of rotatable bonds is 0. The van der Waals surface area contributed by atoms with Gasteiger partial charge in [0.1, 0.15) is 0 Å². The van der Waals surface area contributed by atoms with Crippen LogP contribution < -0.4 is 0 Å². The summed E-state index contributed by atoms with van der Waals surface area (Å²) in [5.74, 6) is 0.755. The number of aliphatic imine (C=N–C) groups is 1. The molecule has 2 unspecified atom stereocenters. The van der Waals surface area contributed by atoms with E-state index in [4.69, 9.17) is 0 Å². The molecule has 1 aliphatic heterocycles. The number of hydrogen-bond acceptors (Lipinski definition) is 1. The van der Waals surface area contributed by atoms with Gasteiger partial charge in [0, 0.05) is 11.6 Å². The third-order valence-corrected chi connectivity index (χ3v) is 2.87. The molecule has 12 heavy (non-hydrogen) atoms. The van der Waals surface area contributed by atoms with Gasteiger partial charge in [-0.05, 0) is 24.5 Å². The Morgan fingerprint density at radius 3 is 3.08 bits per heavy atom. The molecule has 1 aliphatic carbocycles. The Balaban J connectivity index is 2.25. The lowest BCUT2D eigenvalue weighted by atomic mass is 9.98. The number of benzene rings is 1. The Labute approximate surface area is 72.1 Å². The van der Waals surface area contributed by atoms with E-state index in [0.29, 0.717) is 6.04 Å². The van der Waals surface area contributed by atoms with Crippen molar-refractivity contribution in [1.82, 2.24) is 0 Å². The quantitative estimate of drug-likeness (QED) is 0.548. The van der Waals surface area contributed by atoms with E-state index in [-0.39, 0.29) is 0 Å². The number of hydrogen-bond donors (Lipinski definition) is 0. The monoisotopic (exact) mass is 157 g/mol. The van der Waals surface area contributed by atoms with Crippen LogP contribution in [0.1, 0.15) is 30.4 Å². The van der Waals surface area contributed by atoms with Crippen molar-refractivity contribution in [1.29, 1.82) is 0 Å². The highest BCUT2D eigenvalue weighted by atomic mass is 14.9. The molecule has 1 nitrogen and oxygen atoms in total. The standard InChI is InChI=1S/C11H11N/c1-7-8-4-2-3-5-9(8)10-6-11(10)12-7/h2-5,10-11H,6H2,1H3. The minimum atomic E-state index is 0.625. The van der Waals surface area contributed by atoms with Gasteiger partial charge in [-0.3, -0.25) is 4.99 Å². The Kier molecular flexibility index (Phi) is 1.06. The Hall–Kier alpha value is -1.11. The van der Waals surface area contributed by atoms with Crippen LogP contribution in [0.5, 0.6) is 0 Å². The smallest absolute Gasteiger partial charge is 0.0579 e. The largest absolute Gasteiger partial charge is 0.285 e. The van der Waals surface area contributed by atoms with E-state index in [1.807, 2.05) is 0 Å². The third-order valence-electron chi connectivity index (χ3n) is 2.87. The van der Waals surface area contributed by atoms with Crippen molar-refractivity contribution in [3.8, 4) is 0 Å². The molecule has 0 N–H and O–H groups in total. The molecule has 0 bridgehead atoms. The molecule has 1 aromatic rings. The fraction of sp³-hybridized carbons (Fsp3) is 0.364. The molecule has 0 radical (unpaired) electrons. The van der Waals surface area contributed by atoms with Gasteiger partial charge in [0.25, 0.3) is 0 Å². The molecule has 1 fully saturated rings. The highest BCUT2D eigenvalue weighted by Crippen LogP contribution is 2.47. The van der Waals surface area contributed by atoms with Crippen LogP contribution in [0.25, 0.3) is 0 Å². The second kappa shape index (κ2) is 1.98. The van der Waals surface area contributed by atoms with E-state index >= 15 is 0 Å². The van der Waals surface area contributed by atoms with Gasteiger partial charge in [-0.25, -0.2) is 0 Å². The summed E-state index contributed by atoms with van der Waals surface area (Å²) in [7, 11) is 0. The van der Waals surface area contributed by atoms with E-state index in [9.17, 15) is 0 Å². The van der Waals surface area contributed by atoms with Gasteiger partial charge in [0.15, 0.2) is 0 Å². The molecule has 1 aromatic carbocycles. The zero-order valence-electron chi connectivity index (χ0n) is 7.12. The summed E-state index contributed by atoms with van der Waals surface area (Å²) in [5.41, 5.74) is 4.12. The van der Waals surface area contributed by atoms with Crippen molar-refractivity contribution >= 4 is 5.71 Å². The zero-order chi connectivity index (χ0) is 8.13. The fourth-order valence-corrected chi connectivity index (χ4v) is 2.13. The summed E-state index contributed by atoms with van der Waals surface area (Å²) in [6, 6.07) is 9.29. The van der Waals surface area contributed by atoms with Crippen LogP contribution in [0.4, 0.5) is 0 Å². The van der Waals surface area contributed by atoms with Crippen LogP contribution in [0.15, 0.2) is 29.3 Å². The fourth-order valence-electron chi connectivity index (χ4n) is 2.13. The first kappa shape index (κ1) is 6.41. The summed E-state index contributed by atoms with van der Waals surface area (Å²) in [4.78, 5) is 4.61. The van der Waals surface area contributed by atoms with Gasteiger partial charge < -0.3 is 0 Å². The van der Waals surface area contributed by atoms with Crippen LogP contribution in [0.2, 0.25) is 0 Å². The summed E-state index contributed by atoms with van der Waals surface area (Å²) in [5, 5.41) is 0. The first-order valence-electron chi connectivity index (χ1n) is 4.50. The molecule has 1 heterocycles. The molecule has 0 spiro atoms. The molecular formula is C11H11N. The van der Waals surface area contributed by atoms with Gasteiger partial charge in [-0.2, -0.15) is 0 Å². The summed E-state index contributed by atoms with van der Waals surface area (Å²) >= 11 is 0. The average molecular weight is 157 g/mol. The highest BCUT2D eigenvalue weighted by Gasteiger charge is 2.42. The van der Waals surface area contributed by atoms with Crippen LogP contribution in [0.3, 0.4) is 0 Å². The van der Waals surface area contributed by atoms with E-state index in [1.54, 1.807) is 0 Å². The van der Waals surface area contributed by atoms with Crippen LogP contribution >= 0.6 is 0 Å². The first-order valence-corrected chi connectivity index (χ1v) is 4.50. The van der Waals surface area contributed by atoms with Gasteiger partial charge in [-0.1, -0.05) is 24.3 Å². The summed E-state index contributed by atoms with van der Waals surface area (Å²) < 4.78 is 0. The molecular weight excluding hydrogens is 146 g/mol. The molecule has 60 valence electrons. The van der Waals surface area contributed by atoms with E-state index in [1.165, 1.54) is 23.3 Å². The maximum absolute atomic E-state index is 4.61. The van der Waals surface area contributed by atoms with Gasteiger partial charge in [-0.15, -0.1) is 0 Å². The van der Waals surface area contributed by atoms with Crippen molar-refractivity contribution in [2.45, 2.75) is 25.3 Å². The predicted octanol–water partition coefficient (Wildman–Crippen LogP) is 2.37. The molecule has 2 atom stereocenters. The van der Waals surface area contributed by atoms with Crippen LogP contribution in [-0.2, 0) is 0 Å². The van der Waals surface area contributed by atoms with Gasteiger partial charge in [0.05, 0.1) is 6.04 Å². The Morgan fingerprint density at radius 2 is 2.17 bits per heavy atom. The van der Waals surface area contributed by atoms with Crippen LogP contribution in [0, 0.1) is 0 Å².